The first kappa shape index (κ1) is 14.0. The van der Waals surface area contributed by atoms with E-state index in [0.717, 1.165) is 25.7 Å². The molecule has 1 heterocycles. The predicted octanol–water partition coefficient (Wildman–Crippen LogP) is 1.91. The second kappa shape index (κ2) is 5.68. The second-order valence-corrected chi connectivity index (χ2v) is 6.58. The maximum atomic E-state index is 12.5. The average molecular weight is 279 g/mol. The Labute approximate surface area is 113 Å². The van der Waals surface area contributed by atoms with Crippen LogP contribution in [0.1, 0.15) is 38.3 Å². The Morgan fingerprint density at radius 3 is 2.68 bits per heavy atom. The Morgan fingerprint density at radius 1 is 1.47 bits per heavy atom. The number of hydrogen-bond acceptors (Lipinski definition) is 4. The number of nitriles is 1. The Hall–Kier alpha value is -1.45. The van der Waals surface area contributed by atoms with Gasteiger partial charge in [0, 0.05) is 18.8 Å². The first-order valence-corrected chi connectivity index (χ1v) is 7.91. The van der Waals surface area contributed by atoms with Crippen LogP contribution in [0.5, 0.6) is 0 Å². The maximum absolute atomic E-state index is 12.5. The molecule has 1 aromatic rings. The van der Waals surface area contributed by atoms with Crippen molar-refractivity contribution in [3.8, 4) is 6.07 Å². The number of hydrogen-bond donors (Lipinski definition) is 0. The predicted molar refractivity (Wildman–Crippen MR) is 70.8 cm³/mol. The standard InChI is InChI=1S/C13H17N3O2S/c1-2-3-8-16(12-5-6-12)19(17,18)13-7-4-11(9-14)15-10-13/h4,7,10,12H,2-3,5-6,8H2,1H3. The van der Waals surface area contributed by atoms with Gasteiger partial charge in [-0.15, -0.1) is 0 Å². The van der Waals surface area contributed by atoms with Crippen LogP contribution in [0.25, 0.3) is 0 Å². The number of sulfonamides is 1. The molecule has 0 unspecified atom stereocenters. The van der Waals surface area contributed by atoms with Crippen LogP contribution in [0, 0.1) is 11.3 Å². The first-order valence-electron chi connectivity index (χ1n) is 6.47. The van der Waals surface area contributed by atoms with E-state index in [4.69, 9.17) is 5.26 Å². The van der Waals surface area contributed by atoms with Gasteiger partial charge in [-0.3, -0.25) is 0 Å². The highest BCUT2D eigenvalue weighted by Gasteiger charge is 2.37. The topological polar surface area (TPSA) is 74.1 Å². The van der Waals surface area contributed by atoms with Crippen LogP contribution >= 0.6 is 0 Å². The van der Waals surface area contributed by atoms with Crippen LogP contribution in [-0.4, -0.2) is 30.3 Å². The molecular formula is C13H17N3O2S. The molecule has 1 aliphatic rings. The summed E-state index contributed by atoms with van der Waals surface area (Å²) in [6, 6.07) is 4.93. The summed E-state index contributed by atoms with van der Waals surface area (Å²) >= 11 is 0. The minimum atomic E-state index is -3.47. The molecule has 0 aromatic carbocycles. The highest BCUT2D eigenvalue weighted by molar-refractivity contribution is 7.89. The summed E-state index contributed by atoms with van der Waals surface area (Å²) in [5.41, 5.74) is 0.227. The van der Waals surface area contributed by atoms with Crippen LogP contribution in [0.4, 0.5) is 0 Å². The maximum Gasteiger partial charge on any atom is 0.244 e. The van der Waals surface area contributed by atoms with E-state index in [9.17, 15) is 8.42 Å². The van der Waals surface area contributed by atoms with Crippen molar-refractivity contribution in [3.63, 3.8) is 0 Å². The molecule has 1 aromatic heterocycles. The molecule has 0 amide bonds. The number of rotatable bonds is 6. The molecule has 0 spiro atoms. The summed E-state index contributed by atoms with van der Waals surface area (Å²) in [5, 5.41) is 8.68. The van der Waals surface area contributed by atoms with Crippen molar-refractivity contribution < 1.29 is 8.42 Å². The number of aromatic nitrogens is 1. The molecule has 1 aliphatic carbocycles. The zero-order valence-corrected chi connectivity index (χ0v) is 11.7. The molecule has 5 nitrogen and oxygen atoms in total. The van der Waals surface area contributed by atoms with Gasteiger partial charge in [0.25, 0.3) is 0 Å². The molecule has 19 heavy (non-hydrogen) atoms. The van der Waals surface area contributed by atoms with Crippen molar-refractivity contribution in [2.45, 2.75) is 43.5 Å². The Bertz CT molecular complexity index is 571. The molecule has 0 bridgehead atoms. The van der Waals surface area contributed by atoms with E-state index in [1.807, 2.05) is 13.0 Å². The fourth-order valence-electron chi connectivity index (χ4n) is 1.91. The van der Waals surface area contributed by atoms with E-state index < -0.39 is 10.0 Å². The zero-order chi connectivity index (χ0) is 13.9. The van der Waals surface area contributed by atoms with Gasteiger partial charge >= 0.3 is 0 Å². The number of unbranched alkanes of at least 4 members (excludes halogenated alkanes) is 1. The molecule has 1 saturated carbocycles. The summed E-state index contributed by atoms with van der Waals surface area (Å²) in [5.74, 6) is 0. The molecule has 0 radical (unpaired) electrons. The van der Waals surface area contributed by atoms with E-state index >= 15 is 0 Å². The molecule has 6 heteroatoms. The quantitative estimate of drug-likeness (QED) is 0.797. The van der Waals surface area contributed by atoms with Gasteiger partial charge in [-0.05, 0) is 31.4 Å². The highest BCUT2D eigenvalue weighted by atomic mass is 32.2. The smallest absolute Gasteiger partial charge is 0.244 e. The molecule has 1 fully saturated rings. The monoisotopic (exact) mass is 279 g/mol. The number of pyridine rings is 1. The van der Waals surface area contributed by atoms with E-state index in [-0.39, 0.29) is 16.6 Å². The third kappa shape index (κ3) is 3.11. The summed E-state index contributed by atoms with van der Waals surface area (Å²) in [6.07, 6.45) is 4.97. The van der Waals surface area contributed by atoms with E-state index in [2.05, 4.69) is 4.98 Å². The van der Waals surface area contributed by atoms with Crippen molar-refractivity contribution in [2.24, 2.45) is 0 Å². The lowest BCUT2D eigenvalue weighted by Crippen LogP contribution is -2.34. The van der Waals surface area contributed by atoms with Gasteiger partial charge in [-0.1, -0.05) is 13.3 Å². The van der Waals surface area contributed by atoms with Crippen molar-refractivity contribution >= 4 is 10.0 Å². The Kier molecular flexibility index (Phi) is 4.17. The first-order chi connectivity index (χ1) is 9.09. The Morgan fingerprint density at radius 2 is 2.21 bits per heavy atom. The Balaban J connectivity index is 2.25. The van der Waals surface area contributed by atoms with E-state index in [0.29, 0.717) is 6.54 Å². The van der Waals surface area contributed by atoms with Crippen LogP contribution in [0.15, 0.2) is 23.2 Å². The lowest BCUT2D eigenvalue weighted by Gasteiger charge is -2.21. The van der Waals surface area contributed by atoms with Gasteiger partial charge < -0.3 is 0 Å². The van der Waals surface area contributed by atoms with Gasteiger partial charge in [0.2, 0.25) is 10.0 Å². The average Bonchev–Trinajstić information content (AvgIpc) is 3.23. The van der Waals surface area contributed by atoms with E-state index in [1.165, 1.54) is 18.3 Å². The molecule has 0 atom stereocenters. The number of nitrogens with zero attached hydrogens (tertiary/aromatic N) is 3. The minimum Gasteiger partial charge on any atom is -0.244 e. The van der Waals surface area contributed by atoms with Crippen LogP contribution in [0.3, 0.4) is 0 Å². The van der Waals surface area contributed by atoms with Crippen LogP contribution in [0.2, 0.25) is 0 Å². The summed E-state index contributed by atoms with van der Waals surface area (Å²) in [6.45, 7) is 2.60. The SMILES string of the molecule is CCCCN(C1CC1)S(=O)(=O)c1ccc(C#N)nc1. The lowest BCUT2D eigenvalue weighted by molar-refractivity contribution is 0.395. The van der Waals surface area contributed by atoms with Crippen molar-refractivity contribution in [1.29, 1.82) is 5.26 Å². The van der Waals surface area contributed by atoms with Gasteiger partial charge in [0.15, 0.2) is 0 Å². The third-order valence-corrected chi connectivity index (χ3v) is 5.08. The van der Waals surface area contributed by atoms with E-state index in [1.54, 1.807) is 4.31 Å². The summed E-state index contributed by atoms with van der Waals surface area (Å²) < 4.78 is 26.6. The van der Waals surface area contributed by atoms with Crippen molar-refractivity contribution in [2.75, 3.05) is 6.54 Å². The molecule has 2 rings (SSSR count). The zero-order valence-electron chi connectivity index (χ0n) is 10.9. The second-order valence-electron chi connectivity index (χ2n) is 4.69. The lowest BCUT2D eigenvalue weighted by atomic mass is 10.3. The largest absolute Gasteiger partial charge is 0.244 e. The fourth-order valence-corrected chi connectivity index (χ4v) is 3.58. The van der Waals surface area contributed by atoms with Crippen LogP contribution in [-0.2, 0) is 10.0 Å². The third-order valence-electron chi connectivity index (χ3n) is 3.14. The van der Waals surface area contributed by atoms with Gasteiger partial charge in [0.05, 0.1) is 0 Å². The van der Waals surface area contributed by atoms with Gasteiger partial charge in [0.1, 0.15) is 16.7 Å². The molecular weight excluding hydrogens is 262 g/mol. The summed E-state index contributed by atoms with van der Waals surface area (Å²) in [7, 11) is -3.47. The normalized spacial score (nSPS) is 15.4. The van der Waals surface area contributed by atoms with Gasteiger partial charge in [-0.2, -0.15) is 9.57 Å². The highest BCUT2D eigenvalue weighted by Crippen LogP contribution is 2.32. The van der Waals surface area contributed by atoms with Crippen molar-refractivity contribution in [1.82, 2.24) is 9.29 Å². The molecule has 0 saturated heterocycles. The fraction of sp³-hybridized carbons (Fsp3) is 0.538. The molecule has 0 N–H and O–H groups in total. The van der Waals surface area contributed by atoms with Gasteiger partial charge in [-0.25, -0.2) is 13.4 Å². The molecule has 102 valence electrons. The van der Waals surface area contributed by atoms with Crippen LogP contribution < -0.4 is 0 Å². The molecule has 0 aliphatic heterocycles. The minimum absolute atomic E-state index is 0.146. The summed E-state index contributed by atoms with van der Waals surface area (Å²) in [4.78, 5) is 4.01. The van der Waals surface area contributed by atoms with Crippen molar-refractivity contribution in [3.05, 3.63) is 24.0 Å².